The van der Waals surface area contributed by atoms with Gasteiger partial charge in [0.1, 0.15) is 24.6 Å². The zero-order chi connectivity index (χ0) is 19.5. The second-order valence-electron chi connectivity index (χ2n) is 6.24. The van der Waals surface area contributed by atoms with Crippen molar-refractivity contribution in [2.24, 2.45) is 0 Å². The fourth-order valence-electron chi connectivity index (χ4n) is 3.24. The number of hydrogen-bond donors (Lipinski definition) is 0. The summed E-state index contributed by atoms with van der Waals surface area (Å²) in [5.74, 6) is 0.147. The number of amides is 1. The monoisotopic (exact) mass is 388 g/mol. The quantitative estimate of drug-likeness (QED) is 0.668. The summed E-state index contributed by atoms with van der Waals surface area (Å²) >= 11 is 0. The number of halogens is 2. The van der Waals surface area contributed by atoms with Gasteiger partial charge in [0.15, 0.2) is 5.82 Å². The number of carbonyl (C=O) groups excluding carboxylic acids is 1. The molecule has 1 amide bonds. The van der Waals surface area contributed by atoms with Crippen molar-refractivity contribution in [3.63, 3.8) is 0 Å². The number of rotatable bonds is 5. The van der Waals surface area contributed by atoms with Gasteiger partial charge >= 0.3 is 0 Å². The van der Waals surface area contributed by atoms with Gasteiger partial charge in [-0.1, -0.05) is 18.2 Å². The fourth-order valence-corrected chi connectivity index (χ4v) is 3.24. The smallest absolute Gasteiger partial charge is 0.272 e. The Hall–Kier alpha value is -3.14. The van der Waals surface area contributed by atoms with Crippen LogP contribution in [0.3, 0.4) is 0 Å². The molecule has 1 unspecified atom stereocenters. The molecule has 4 rings (SSSR count). The topological polar surface area (TPSA) is 78.1 Å². The van der Waals surface area contributed by atoms with Gasteiger partial charge in [0.05, 0.1) is 18.9 Å². The van der Waals surface area contributed by atoms with E-state index in [4.69, 9.17) is 4.74 Å². The molecule has 1 fully saturated rings. The molecule has 1 aromatic carbocycles. The number of morpholine rings is 1. The van der Waals surface area contributed by atoms with Gasteiger partial charge in [-0.2, -0.15) is 10.2 Å². The van der Waals surface area contributed by atoms with E-state index in [1.54, 1.807) is 9.58 Å². The first kappa shape index (κ1) is 18.2. The number of para-hydroxylation sites is 1. The van der Waals surface area contributed by atoms with Gasteiger partial charge in [-0.25, -0.2) is 18.4 Å². The molecule has 3 aromatic rings. The third-order valence-electron chi connectivity index (χ3n) is 4.51. The first-order chi connectivity index (χ1) is 13.6. The number of aromatic nitrogens is 5. The van der Waals surface area contributed by atoms with Gasteiger partial charge in [-0.05, 0) is 18.2 Å². The van der Waals surface area contributed by atoms with Crippen molar-refractivity contribution in [2.45, 2.75) is 19.0 Å². The van der Waals surface area contributed by atoms with E-state index in [2.05, 4.69) is 15.2 Å². The van der Waals surface area contributed by atoms with Crippen LogP contribution in [0.25, 0.3) is 5.69 Å². The number of alkyl halides is 2. The van der Waals surface area contributed by atoms with Crippen LogP contribution >= 0.6 is 0 Å². The van der Waals surface area contributed by atoms with Gasteiger partial charge in [-0.3, -0.25) is 9.48 Å². The number of carbonyl (C=O) groups is 1. The zero-order valence-electron chi connectivity index (χ0n) is 14.9. The van der Waals surface area contributed by atoms with Crippen molar-refractivity contribution < 1.29 is 18.3 Å². The molecule has 8 nitrogen and oxygen atoms in total. The summed E-state index contributed by atoms with van der Waals surface area (Å²) in [4.78, 5) is 19.0. The van der Waals surface area contributed by atoms with Gasteiger partial charge in [0, 0.05) is 12.7 Å². The minimum atomic E-state index is -2.60. The van der Waals surface area contributed by atoms with Crippen molar-refractivity contribution in [3.8, 4) is 5.69 Å². The molecule has 1 atom stereocenters. The Morgan fingerprint density at radius 1 is 1.21 bits per heavy atom. The molecule has 1 aliphatic heterocycles. The molecule has 1 saturated heterocycles. The maximum Gasteiger partial charge on any atom is 0.272 e. The highest BCUT2D eigenvalue weighted by molar-refractivity contribution is 5.92. The lowest BCUT2D eigenvalue weighted by molar-refractivity contribution is -0.00662. The number of benzene rings is 1. The average Bonchev–Trinajstić information content (AvgIpc) is 3.37. The molecule has 2 aromatic heterocycles. The number of ether oxygens (including phenoxy) is 1. The molecule has 0 saturated carbocycles. The Kier molecular flexibility index (Phi) is 5.11. The van der Waals surface area contributed by atoms with E-state index in [-0.39, 0.29) is 12.3 Å². The Labute approximate surface area is 159 Å². The third kappa shape index (κ3) is 3.50. The molecule has 0 radical (unpaired) electrons. The molecule has 3 heterocycles. The van der Waals surface area contributed by atoms with Crippen LogP contribution in [-0.2, 0) is 11.3 Å². The second kappa shape index (κ2) is 7.85. The highest BCUT2D eigenvalue weighted by atomic mass is 19.3. The van der Waals surface area contributed by atoms with Crippen LogP contribution in [0.15, 0.2) is 48.9 Å². The van der Waals surface area contributed by atoms with Gasteiger partial charge in [0.25, 0.3) is 12.3 Å². The SMILES string of the molecule is O=C(c1ccnn1CC(F)F)N1CCOCC1c1ncnn1-c1ccccc1. The molecule has 28 heavy (non-hydrogen) atoms. The zero-order valence-corrected chi connectivity index (χ0v) is 14.9. The molecule has 0 bridgehead atoms. The predicted molar refractivity (Wildman–Crippen MR) is 94.2 cm³/mol. The van der Waals surface area contributed by atoms with Crippen LogP contribution in [0.2, 0.25) is 0 Å². The first-order valence-corrected chi connectivity index (χ1v) is 8.79. The molecule has 1 aliphatic rings. The van der Waals surface area contributed by atoms with Crippen molar-refractivity contribution in [1.29, 1.82) is 0 Å². The van der Waals surface area contributed by atoms with Gasteiger partial charge < -0.3 is 9.64 Å². The number of hydrogen-bond acceptors (Lipinski definition) is 5. The highest BCUT2D eigenvalue weighted by Gasteiger charge is 2.34. The Morgan fingerprint density at radius 3 is 2.82 bits per heavy atom. The lowest BCUT2D eigenvalue weighted by Gasteiger charge is -2.35. The number of nitrogens with zero attached hydrogens (tertiary/aromatic N) is 6. The van der Waals surface area contributed by atoms with Crippen LogP contribution < -0.4 is 0 Å². The fraction of sp³-hybridized carbons (Fsp3) is 0.333. The van der Waals surface area contributed by atoms with E-state index in [0.29, 0.717) is 19.0 Å². The van der Waals surface area contributed by atoms with Crippen LogP contribution in [0.5, 0.6) is 0 Å². The van der Waals surface area contributed by atoms with Gasteiger partial charge in [0.2, 0.25) is 0 Å². The normalized spacial score (nSPS) is 17.2. The first-order valence-electron chi connectivity index (χ1n) is 8.79. The molecular weight excluding hydrogens is 370 g/mol. The predicted octanol–water partition coefficient (Wildman–Crippen LogP) is 1.94. The minimum absolute atomic E-state index is 0.109. The summed E-state index contributed by atoms with van der Waals surface area (Å²) in [5, 5.41) is 8.12. The summed E-state index contributed by atoms with van der Waals surface area (Å²) in [6.07, 6.45) is 0.158. The van der Waals surface area contributed by atoms with E-state index in [0.717, 1.165) is 10.4 Å². The minimum Gasteiger partial charge on any atom is -0.377 e. The summed E-state index contributed by atoms with van der Waals surface area (Å²) < 4.78 is 33.8. The van der Waals surface area contributed by atoms with E-state index in [9.17, 15) is 13.6 Å². The van der Waals surface area contributed by atoms with E-state index in [1.165, 1.54) is 18.6 Å². The van der Waals surface area contributed by atoms with Crippen molar-refractivity contribution in [3.05, 3.63) is 60.4 Å². The van der Waals surface area contributed by atoms with Crippen LogP contribution in [-0.4, -0.2) is 61.5 Å². The summed E-state index contributed by atoms with van der Waals surface area (Å²) in [7, 11) is 0. The molecule has 146 valence electrons. The van der Waals surface area contributed by atoms with E-state index >= 15 is 0 Å². The molecule has 0 spiro atoms. The Morgan fingerprint density at radius 2 is 2.04 bits per heavy atom. The maximum absolute atomic E-state index is 13.1. The van der Waals surface area contributed by atoms with E-state index < -0.39 is 24.9 Å². The van der Waals surface area contributed by atoms with Crippen molar-refractivity contribution >= 4 is 5.91 Å². The second-order valence-corrected chi connectivity index (χ2v) is 6.24. The third-order valence-corrected chi connectivity index (χ3v) is 4.51. The van der Waals surface area contributed by atoms with Crippen LogP contribution in [0, 0.1) is 0 Å². The lowest BCUT2D eigenvalue weighted by atomic mass is 10.2. The molecule has 10 heteroatoms. The molecule has 0 N–H and O–H groups in total. The molecular formula is C18H18F2N6O2. The average molecular weight is 388 g/mol. The highest BCUT2D eigenvalue weighted by Crippen LogP contribution is 2.26. The maximum atomic E-state index is 13.1. The summed E-state index contributed by atoms with van der Waals surface area (Å²) in [6, 6.07) is 10.4. The summed E-state index contributed by atoms with van der Waals surface area (Å²) in [5.41, 5.74) is 0.911. The molecule has 0 aliphatic carbocycles. The van der Waals surface area contributed by atoms with Gasteiger partial charge in [-0.15, -0.1) is 0 Å². The van der Waals surface area contributed by atoms with E-state index in [1.807, 2.05) is 30.3 Å². The standard InChI is InChI=1S/C18H18F2N6O2/c19-16(20)10-25-14(6-7-22-25)18(27)24-8-9-28-11-15(24)17-21-12-23-26(17)13-4-2-1-3-5-13/h1-7,12,15-16H,8-11H2. The Bertz CT molecular complexity index is 942. The van der Waals surface area contributed by atoms with Crippen LogP contribution in [0.1, 0.15) is 22.4 Å². The Balaban J connectivity index is 1.66. The van der Waals surface area contributed by atoms with Crippen LogP contribution in [0.4, 0.5) is 8.78 Å². The largest absolute Gasteiger partial charge is 0.377 e. The van der Waals surface area contributed by atoms with Crippen molar-refractivity contribution in [2.75, 3.05) is 19.8 Å². The lowest BCUT2D eigenvalue weighted by Crippen LogP contribution is -2.45. The summed E-state index contributed by atoms with van der Waals surface area (Å²) in [6.45, 7) is 0.263. The van der Waals surface area contributed by atoms with Crippen molar-refractivity contribution in [1.82, 2.24) is 29.4 Å².